The van der Waals surface area contributed by atoms with Crippen LogP contribution in [0.5, 0.6) is 0 Å². The van der Waals surface area contributed by atoms with Gasteiger partial charge in [-0.2, -0.15) is 0 Å². The van der Waals surface area contributed by atoms with Crippen molar-refractivity contribution in [2.24, 2.45) is 23.2 Å². The number of piperazine rings is 1. The molecule has 0 atom stereocenters. The molecule has 0 spiro atoms. The number of benzene rings is 1. The van der Waals surface area contributed by atoms with Crippen LogP contribution < -0.4 is 0 Å². The highest BCUT2D eigenvalue weighted by Gasteiger charge is 2.55. The maximum Gasteiger partial charge on any atom is 0.256 e. The summed E-state index contributed by atoms with van der Waals surface area (Å²) in [5.41, 5.74) is 2.40. The minimum Gasteiger partial charge on any atom is -0.339 e. The second-order valence-corrected chi connectivity index (χ2v) is 11.0. The first kappa shape index (κ1) is 21.0. The molecule has 2 heterocycles. The van der Waals surface area contributed by atoms with Crippen molar-refractivity contribution in [1.82, 2.24) is 19.8 Å². The van der Waals surface area contributed by atoms with Gasteiger partial charge in [-0.3, -0.25) is 9.59 Å². The third-order valence-electron chi connectivity index (χ3n) is 8.72. The number of hydrogen-bond acceptors (Lipinski definition) is 4. The lowest BCUT2D eigenvalue weighted by molar-refractivity contribution is -0.159. The highest BCUT2D eigenvalue weighted by Crippen LogP contribution is 2.60. The number of carbonyl (C=O) groups is 2. The second-order valence-electron chi connectivity index (χ2n) is 11.0. The van der Waals surface area contributed by atoms with Crippen LogP contribution in [0.25, 0.3) is 11.0 Å². The highest BCUT2D eigenvalue weighted by atomic mass is 19.1. The van der Waals surface area contributed by atoms with E-state index in [0.29, 0.717) is 43.1 Å². The monoisotopic (exact) mass is 450 g/mol. The van der Waals surface area contributed by atoms with Crippen molar-refractivity contribution in [3.05, 3.63) is 34.9 Å². The van der Waals surface area contributed by atoms with Gasteiger partial charge in [0.15, 0.2) is 0 Å². The lowest BCUT2D eigenvalue weighted by Crippen LogP contribution is -2.58. The Morgan fingerprint density at radius 3 is 2.03 bits per heavy atom. The average Bonchev–Trinajstić information content (AvgIpc) is 2.78. The fourth-order valence-corrected chi connectivity index (χ4v) is 7.45. The summed E-state index contributed by atoms with van der Waals surface area (Å²) >= 11 is 0. The SMILES string of the molecule is Cc1nc2cc(F)cc(C(=O)N3CCN(C(=O)C45CC6CC(CC(C6)C4)C5)CC3)c2nc1C. The number of rotatable bonds is 2. The van der Waals surface area contributed by atoms with Crippen LogP contribution in [0.3, 0.4) is 0 Å². The van der Waals surface area contributed by atoms with Crippen molar-refractivity contribution in [2.75, 3.05) is 26.2 Å². The molecule has 2 amide bonds. The molecule has 4 aliphatic carbocycles. The smallest absolute Gasteiger partial charge is 0.256 e. The molecule has 7 heteroatoms. The predicted octanol–water partition coefficient (Wildman–Crippen LogP) is 3.89. The Bertz CT molecular complexity index is 1120. The third kappa shape index (κ3) is 3.42. The summed E-state index contributed by atoms with van der Waals surface area (Å²) in [6.07, 6.45) is 7.13. The van der Waals surface area contributed by atoms with Crippen molar-refractivity contribution in [3.63, 3.8) is 0 Å². The van der Waals surface area contributed by atoms with Crippen molar-refractivity contribution in [2.45, 2.75) is 52.4 Å². The van der Waals surface area contributed by atoms with E-state index >= 15 is 0 Å². The Kier molecular flexibility index (Phi) is 4.75. The molecule has 2 aromatic rings. The first-order valence-electron chi connectivity index (χ1n) is 12.3. The van der Waals surface area contributed by atoms with E-state index in [0.717, 1.165) is 48.4 Å². The minimum absolute atomic E-state index is 0.148. The van der Waals surface area contributed by atoms with Gasteiger partial charge in [0, 0.05) is 32.2 Å². The number of nitrogens with zero attached hydrogens (tertiary/aromatic N) is 4. The van der Waals surface area contributed by atoms with Gasteiger partial charge in [0.2, 0.25) is 5.91 Å². The molecule has 174 valence electrons. The van der Waals surface area contributed by atoms with E-state index in [9.17, 15) is 14.0 Å². The van der Waals surface area contributed by atoms with Gasteiger partial charge in [-0.15, -0.1) is 0 Å². The summed E-state index contributed by atoms with van der Waals surface area (Å²) in [6.45, 7) is 5.69. The van der Waals surface area contributed by atoms with E-state index in [-0.39, 0.29) is 16.9 Å². The summed E-state index contributed by atoms with van der Waals surface area (Å²) in [4.78, 5) is 39.7. The number of aryl methyl sites for hydroxylation is 2. The number of fused-ring (bicyclic) bond motifs is 1. The largest absolute Gasteiger partial charge is 0.339 e. The standard InChI is InChI=1S/C26H31FN4O2/c1-15-16(2)29-23-21(10-20(27)11-22(23)28-15)24(32)30-3-5-31(6-4-30)25(33)26-12-17-7-18(13-26)9-19(8-17)14-26/h10-11,17-19H,3-9,12-14H2,1-2H3. The van der Waals surface area contributed by atoms with Gasteiger partial charge in [0.05, 0.1) is 27.9 Å². The van der Waals surface area contributed by atoms with Gasteiger partial charge in [0.1, 0.15) is 11.3 Å². The van der Waals surface area contributed by atoms with Gasteiger partial charge < -0.3 is 9.80 Å². The molecule has 33 heavy (non-hydrogen) atoms. The molecular weight excluding hydrogens is 419 g/mol. The Morgan fingerprint density at radius 1 is 0.879 bits per heavy atom. The molecule has 4 saturated carbocycles. The van der Waals surface area contributed by atoms with E-state index in [2.05, 4.69) is 9.97 Å². The number of halogens is 1. The fraction of sp³-hybridized carbons (Fsp3) is 0.615. The van der Waals surface area contributed by atoms with Crippen molar-refractivity contribution in [3.8, 4) is 0 Å². The zero-order valence-electron chi connectivity index (χ0n) is 19.4. The first-order chi connectivity index (χ1) is 15.8. The minimum atomic E-state index is -0.487. The van der Waals surface area contributed by atoms with Crippen LogP contribution in [-0.2, 0) is 4.79 Å². The molecular formula is C26H31FN4O2. The van der Waals surface area contributed by atoms with E-state index < -0.39 is 5.82 Å². The van der Waals surface area contributed by atoms with Crippen LogP contribution in [0, 0.1) is 42.8 Å². The first-order valence-corrected chi connectivity index (χ1v) is 12.3. The maximum atomic E-state index is 14.3. The number of carbonyl (C=O) groups excluding carboxylic acids is 2. The number of amides is 2. The molecule has 4 bridgehead atoms. The fourth-order valence-electron chi connectivity index (χ4n) is 7.45. The molecule has 1 saturated heterocycles. The van der Waals surface area contributed by atoms with Gasteiger partial charge in [-0.1, -0.05) is 0 Å². The van der Waals surface area contributed by atoms with Crippen LogP contribution in [0.4, 0.5) is 4.39 Å². The topological polar surface area (TPSA) is 66.4 Å². The average molecular weight is 451 g/mol. The van der Waals surface area contributed by atoms with Crippen molar-refractivity contribution in [1.29, 1.82) is 0 Å². The van der Waals surface area contributed by atoms with E-state index in [1.807, 2.05) is 18.7 Å². The highest BCUT2D eigenvalue weighted by molar-refractivity contribution is 6.05. The Hall–Kier alpha value is -2.57. The number of hydrogen-bond donors (Lipinski definition) is 0. The summed E-state index contributed by atoms with van der Waals surface area (Å²) in [5.74, 6) is 1.80. The summed E-state index contributed by atoms with van der Waals surface area (Å²) in [5, 5.41) is 0. The lowest BCUT2D eigenvalue weighted by atomic mass is 9.49. The molecule has 0 unspecified atom stereocenters. The van der Waals surface area contributed by atoms with Crippen LogP contribution >= 0.6 is 0 Å². The lowest BCUT2D eigenvalue weighted by Gasteiger charge is -2.57. The molecule has 5 aliphatic rings. The summed E-state index contributed by atoms with van der Waals surface area (Å²) < 4.78 is 14.3. The predicted molar refractivity (Wildman–Crippen MR) is 122 cm³/mol. The van der Waals surface area contributed by atoms with E-state index in [4.69, 9.17) is 0 Å². The van der Waals surface area contributed by atoms with Crippen molar-refractivity contribution < 1.29 is 14.0 Å². The quantitative estimate of drug-likeness (QED) is 0.696. The van der Waals surface area contributed by atoms with Gasteiger partial charge in [-0.05, 0) is 76.2 Å². The zero-order valence-corrected chi connectivity index (χ0v) is 19.4. The molecule has 0 N–H and O–H groups in total. The molecule has 1 aliphatic heterocycles. The van der Waals surface area contributed by atoms with Crippen LogP contribution in [0.2, 0.25) is 0 Å². The van der Waals surface area contributed by atoms with E-state index in [1.54, 1.807) is 4.90 Å². The summed E-state index contributed by atoms with van der Waals surface area (Å²) in [6, 6.07) is 2.59. The van der Waals surface area contributed by atoms with Crippen LogP contribution in [0.1, 0.15) is 60.3 Å². The molecule has 5 fully saturated rings. The zero-order chi connectivity index (χ0) is 22.9. The number of aromatic nitrogens is 2. The molecule has 1 aromatic heterocycles. The molecule has 1 aromatic carbocycles. The molecule has 0 radical (unpaired) electrons. The van der Waals surface area contributed by atoms with Crippen LogP contribution in [-0.4, -0.2) is 57.8 Å². The van der Waals surface area contributed by atoms with Crippen molar-refractivity contribution >= 4 is 22.8 Å². The Balaban J connectivity index is 1.19. The van der Waals surface area contributed by atoms with E-state index in [1.165, 1.54) is 31.4 Å². The summed E-state index contributed by atoms with van der Waals surface area (Å²) in [7, 11) is 0. The second kappa shape index (κ2) is 7.47. The normalized spacial score (nSPS) is 30.8. The van der Waals surface area contributed by atoms with Crippen LogP contribution in [0.15, 0.2) is 12.1 Å². The third-order valence-corrected chi connectivity index (χ3v) is 8.72. The van der Waals surface area contributed by atoms with Gasteiger partial charge >= 0.3 is 0 Å². The Morgan fingerprint density at radius 2 is 1.42 bits per heavy atom. The Labute approximate surface area is 193 Å². The maximum absolute atomic E-state index is 14.3. The molecule has 7 rings (SSSR count). The van der Waals surface area contributed by atoms with Gasteiger partial charge in [-0.25, -0.2) is 14.4 Å². The van der Waals surface area contributed by atoms with Gasteiger partial charge in [0.25, 0.3) is 5.91 Å². The molecule has 6 nitrogen and oxygen atoms in total.